The maximum atomic E-state index is 12.2. The van der Waals surface area contributed by atoms with Gasteiger partial charge >= 0.3 is 6.09 Å². The van der Waals surface area contributed by atoms with Gasteiger partial charge in [0.15, 0.2) is 0 Å². The summed E-state index contributed by atoms with van der Waals surface area (Å²) in [6, 6.07) is 3.97. The fourth-order valence-electron chi connectivity index (χ4n) is 4.30. The molecule has 3 atom stereocenters. The van der Waals surface area contributed by atoms with Crippen LogP contribution in [0.2, 0.25) is 0 Å². The number of hydrogen-bond donors (Lipinski definition) is 1. The van der Waals surface area contributed by atoms with Gasteiger partial charge in [0.1, 0.15) is 6.10 Å². The summed E-state index contributed by atoms with van der Waals surface area (Å²) in [5, 5.41) is 4.83. The Morgan fingerprint density at radius 3 is 2.08 bits per heavy atom. The van der Waals surface area contributed by atoms with Gasteiger partial charge in [0.05, 0.1) is 38.6 Å². The molecule has 1 rings (SSSR count). The maximum Gasteiger partial charge on any atom is 0.407 e. The van der Waals surface area contributed by atoms with Gasteiger partial charge in [-0.1, -0.05) is 97.5 Å². The van der Waals surface area contributed by atoms with Crippen LogP contribution in [0.3, 0.4) is 0 Å². The van der Waals surface area contributed by atoms with Gasteiger partial charge in [-0.25, -0.2) is 4.79 Å². The first-order valence-electron chi connectivity index (χ1n) is 15.4. The molecule has 6 nitrogen and oxygen atoms in total. The van der Waals surface area contributed by atoms with Crippen molar-refractivity contribution in [2.24, 2.45) is 0 Å². The quantitative estimate of drug-likeness (QED) is 0.116. The smallest absolute Gasteiger partial charge is 0.407 e. The normalized spacial score (nSPS) is 13.8. The molecule has 38 heavy (non-hydrogen) atoms. The highest BCUT2D eigenvalue weighted by Gasteiger charge is 2.18. The molecule has 222 valence electrons. The van der Waals surface area contributed by atoms with Crippen molar-refractivity contribution in [3.8, 4) is 0 Å². The van der Waals surface area contributed by atoms with E-state index >= 15 is 0 Å². The number of amides is 1. The highest BCUT2D eigenvalue weighted by molar-refractivity contribution is 7.09. The number of hydrogen-bond acceptors (Lipinski definition) is 6. The lowest BCUT2D eigenvalue weighted by Crippen LogP contribution is -2.33. The minimum atomic E-state index is -0.392. The van der Waals surface area contributed by atoms with Crippen molar-refractivity contribution in [2.75, 3.05) is 26.4 Å². The molecular formula is C31H57NO5S. The van der Waals surface area contributed by atoms with Crippen LogP contribution in [0.1, 0.15) is 122 Å². The molecule has 1 aromatic rings. The van der Waals surface area contributed by atoms with Crippen LogP contribution < -0.4 is 5.32 Å². The predicted molar refractivity (Wildman–Crippen MR) is 159 cm³/mol. The molecule has 0 radical (unpaired) electrons. The lowest BCUT2D eigenvalue weighted by atomic mass is 10.1. The summed E-state index contributed by atoms with van der Waals surface area (Å²) in [6.45, 7) is 11.4. The first-order valence-corrected chi connectivity index (χ1v) is 16.2. The van der Waals surface area contributed by atoms with Gasteiger partial charge in [-0.2, -0.15) is 0 Å². The minimum absolute atomic E-state index is 0.0124. The summed E-state index contributed by atoms with van der Waals surface area (Å²) in [7, 11) is 0. The molecule has 0 aliphatic carbocycles. The van der Waals surface area contributed by atoms with Crippen LogP contribution >= 0.6 is 11.3 Å². The van der Waals surface area contributed by atoms with Crippen molar-refractivity contribution in [1.29, 1.82) is 0 Å². The number of nitrogens with one attached hydrogen (secondary N) is 1. The van der Waals surface area contributed by atoms with Gasteiger partial charge < -0.3 is 24.3 Å². The van der Waals surface area contributed by atoms with Gasteiger partial charge in [0.2, 0.25) is 0 Å². The van der Waals surface area contributed by atoms with Gasteiger partial charge in [0.25, 0.3) is 0 Å². The van der Waals surface area contributed by atoms with Gasteiger partial charge in [-0.3, -0.25) is 0 Å². The predicted octanol–water partition coefficient (Wildman–Crippen LogP) is 8.67. The lowest BCUT2D eigenvalue weighted by molar-refractivity contribution is -0.0825. The van der Waals surface area contributed by atoms with Crippen molar-refractivity contribution in [3.63, 3.8) is 0 Å². The molecular weight excluding hydrogens is 498 g/mol. The monoisotopic (exact) mass is 555 g/mol. The summed E-state index contributed by atoms with van der Waals surface area (Å²) in [6.07, 6.45) is 16.3. The second kappa shape index (κ2) is 24.9. The van der Waals surface area contributed by atoms with Crippen LogP contribution in [-0.4, -0.2) is 50.8 Å². The van der Waals surface area contributed by atoms with E-state index < -0.39 is 6.09 Å². The van der Waals surface area contributed by atoms with Crippen molar-refractivity contribution >= 4 is 17.4 Å². The van der Waals surface area contributed by atoms with Gasteiger partial charge in [-0.05, 0) is 37.6 Å². The molecule has 1 amide bonds. The van der Waals surface area contributed by atoms with E-state index in [0.717, 1.165) is 43.6 Å². The van der Waals surface area contributed by atoms with E-state index in [9.17, 15) is 4.79 Å². The van der Waals surface area contributed by atoms with Crippen LogP contribution in [0.15, 0.2) is 17.5 Å². The summed E-state index contributed by atoms with van der Waals surface area (Å²) < 4.78 is 23.7. The molecule has 1 aromatic heterocycles. The third-order valence-corrected chi connectivity index (χ3v) is 7.44. The second-order valence-electron chi connectivity index (χ2n) is 10.4. The van der Waals surface area contributed by atoms with Crippen LogP contribution in [0.4, 0.5) is 4.79 Å². The Morgan fingerprint density at radius 1 is 0.816 bits per heavy atom. The highest BCUT2D eigenvalue weighted by atomic mass is 32.1. The van der Waals surface area contributed by atoms with E-state index in [0.29, 0.717) is 26.4 Å². The molecule has 0 bridgehead atoms. The van der Waals surface area contributed by atoms with Gasteiger partial charge in [0, 0.05) is 11.5 Å². The first kappa shape index (κ1) is 34.9. The number of ether oxygens (including phenoxy) is 4. The molecule has 0 aliphatic rings. The molecule has 0 saturated heterocycles. The molecule has 1 heterocycles. The summed E-state index contributed by atoms with van der Waals surface area (Å²) in [5.41, 5.74) is 0. The number of carbonyl (C=O) groups excluding carboxylic acids is 1. The van der Waals surface area contributed by atoms with Crippen LogP contribution in [-0.2, 0) is 25.5 Å². The Balaban J connectivity index is 2.15. The van der Waals surface area contributed by atoms with Crippen molar-refractivity contribution < 1.29 is 23.7 Å². The summed E-state index contributed by atoms with van der Waals surface area (Å²) >= 11 is 1.62. The van der Waals surface area contributed by atoms with Crippen molar-refractivity contribution in [1.82, 2.24) is 5.32 Å². The third kappa shape index (κ3) is 19.9. The number of thiophene rings is 1. The number of alkyl carbamates (subject to hydrolysis) is 1. The Morgan fingerprint density at radius 2 is 1.45 bits per heavy atom. The first-order chi connectivity index (χ1) is 18.6. The maximum absolute atomic E-state index is 12.2. The number of carbonyl (C=O) groups is 1. The van der Waals surface area contributed by atoms with Crippen LogP contribution in [0.25, 0.3) is 0 Å². The Bertz CT molecular complexity index is 642. The van der Waals surface area contributed by atoms with Gasteiger partial charge in [-0.15, -0.1) is 11.3 Å². The van der Waals surface area contributed by atoms with Crippen LogP contribution in [0.5, 0.6) is 0 Å². The topological polar surface area (TPSA) is 66.0 Å². The molecule has 0 aliphatic heterocycles. The van der Waals surface area contributed by atoms with Crippen molar-refractivity contribution in [3.05, 3.63) is 22.4 Å². The van der Waals surface area contributed by atoms with E-state index in [1.54, 1.807) is 11.3 Å². The van der Waals surface area contributed by atoms with E-state index in [1.165, 1.54) is 57.8 Å². The van der Waals surface area contributed by atoms with E-state index in [4.69, 9.17) is 18.9 Å². The lowest BCUT2D eigenvalue weighted by Gasteiger charge is -2.24. The fraction of sp³-hybridized carbons (Fsp3) is 0.839. The third-order valence-electron chi connectivity index (χ3n) is 6.56. The standard InChI is InChI=1S/C31H57NO5S/c1-5-8-9-10-11-12-13-14-15-16-21-34-24-27(4)35-25-28(18-6-2)36-26-29(19-7-3)37-31(33)32-23-30-20-17-22-38-30/h17,20,22,27-29H,5-16,18-19,21,23-26H2,1-4H3,(H,32,33). The van der Waals surface area contributed by atoms with E-state index in [2.05, 4.69) is 33.0 Å². The summed E-state index contributed by atoms with van der Waals surface area (Å²) in [4.78, 5) is 13.3. The average Bonchev–Trinajstić information content (AvgIpc) is 3.43. The zero-order valence-corrected chi connectivity index (χ0v) is 25.7. The molecule has 0 saturated carbocycles. The Kier molecular flexibility index (Phi) is 22.8. The van der Waals surface area contributed by atoms with E-state index in [-0.39, 0.29) is 18.3 Å². The molecule has 0 aromatic carbocycles. The SMILES string of the molecule is CCCCCCCCCCCCOCC(C)OCC(CCC)OCC(CCC)OC(=O)NCc1cccs1. The molecule has 3 unspecified atom stereocenters. The zero-order chi connectivity index (χ0) is 27.7. The van der Waals surface area contributed by atoms with Crippen molar-refractivity contribution in [2.45, 2.75) is 142 Å². The van der Waals surface area contributed by atoms with E-state index in [1.807, 2.05) is 17.5 Å². The Labute approximate surface area is 237 Å². The zero-order valence-electron chi connectivity index (χ0n) is 24.8. The largest absolute Gasteiger partial charge is 0.444 e. The Hall–Kier alpha value is -1.15. The number of unbranched alkanes of at least 4 members (excludes halogenated alkanes) is 9. The molecule has 0 fully saturated rings. The highest BCUT2D eigenvalue weighted by Crippen LogP contribution is 2.13. The van der Waals surface area contributed by atoms with Crippen LogP contribution in [0, 0.1) is 0 Å². The molecule has 1 N–H and O–H groups in total. The molecule has 7 heteroatoms. The summed E-state index contributed by atoms with van der Waals surface area (Å²) in [5.74, 6) is 0. The molecule has 0 spiro atoms. The fourth-order valence-corrected chi connectivity index (χ4v) is 4.95. The minimum Gasteiger partial charge on any atom is -0.444 e. The number of rotatable bonds is 26. The second-order valence-corrected chi connectivity index (χ2v) is 11.4. The average molecular weight is 556 g/mol.